The van der Waals surface area contributed by atoms with E-state index in [1.807, 2.05) is 18.2 Å². The van der Waals surface area contributed by atoms with Crippen LogP contribution < -0.4 is 4.90 Å². The second kappa shape index (κ2) is 7.43. The largest absolute Gasteiger partial charge is 0.375 e. The Morgan fingerprint density at radius 2 is 2.04 bits per heavy atom. The van der Waals surface area contributed by atoms with Crippen molar-refractivity contribution >= 4 is 5.82 Å². The molecule has 0 radical (unpaired) electrons. The number of ether oxygens (including phenoxy) is 1. The molecular formula is C21H22FN3O. The minimum absolute atomic E-state index is 0.192. The third-order valence-electron chi connectivity index (χ3n) is 5.42. The molecule has 0 amide bonds. The molecule has 0 spiro atoms. The molecule has 1 unspecified atom stereocenters. The summed E-state index contributed by atoms with van der Waals surface area (Å²) in [4.78, 5) is 7.02. The predicted octanol–water partition coefficient (Wildman–Crippen LogP) is 3.94. The summed E-state index contributed by atoms with van der Waals surface area (Å²) in [6.45, 7) is 2.96. The molecule has 1 fully saturated rings. The van der Waals surface area contributed by atoms with Gasteiger partial charge in [-0.05, 0) is 60.9 Å². The minimum atomic E-state index is -0.192. The van der Waals surface area contributed by atoms with Crippen LogP contribution in [-0.4, -0.2) is 24.7 Å². The topological polar surface area (TPSA) is 49.2 Å². The first-order valence-electron chi connectivity index (χ1n) is 9.25. The van der Waals surface area contributed by atoms with Gasteiger partial charge < -0.3 is 9.64 Å². The van der Waals surface area contributed by atoms with Crippen LogP contribution >= 0.6 is 0 Å². The van der Waals surface area contributed by atoms with Gasteiger partial charge in [-0.15, -0.1) is 0 Å². The van der Waals surface area contributed by atoms with Crippen LogP contribution in [0.25, 0.3) is 0 Å². The number of aromatic nitrogens is 1. The highest BCUT2D eigenvalue weighted by molar-refractivity contribution is 5.56. The van der Waals surface area contributed by atoms with E-state index in [-0.39, 0.29) is 5.82 Å². The van der Waals surface area contributed by atoms with Gasteiger partial charge in [0.2, 0.25) is 0 Å². The van der Waals surface area contributed by atoms with Crippen molar-refractivity contribution < 1.29 is 9.13 Å². The second-order valence-corrected chi connectivity index (χ2v) is 7.05. The Bertz CT molecular complexity index is 828. The molecule has 0 N–H and O–H groups in total. The van der Waals surface area contributed by atoms with E-state index < -0.39 is 0 Å². The lowest BCUT2D eigenvalue weighted by molar-refractivity contribution is 0.107. The van der Waals surface area contributed by atoms with Crippen LogP contribution in [0, 0.1) is 17.1 Å². The first-order chi connectivity index (χ1) is 12.7. The molecule has 134 valence electrons. The summed E-state index contributed by atoms with van der Waals surface area (Å²) in [6.07, 6.45) is 3.90. The van der Waals surface area contributed by atoms with Crippen LogP contribution in [0.3, 0.4) is 0 Å². The highest BCUT2D eigenvalue weighted by atomic mass is 19.1. The van der Waals surface area contributed by atoms with Crippen LogP contribution in [0.1, 0.15) is 47.6 Å². The summed E-state index contributed by atoms with van der Waals surface area (Å²) in [5, 5.41) is 9.59. The SMILES string of the molecule is N#Cc1cc2c(nc1N1CCCC(c3ccc(F)cc3)CC1)COCC2. The molecule has 0 bridgehead atoms. The standard InChI is InChI=1S/C21H22FN3O/c22-19-5-3-16(4-6-19)15-2-1-9-25(10-7-15)21-18(13-23)12-17-8-11-26-14-20(17)24-21/h3-6,12,15H,1-2,7-11,14H2. The summed E-state index contributed by atoms with van der Waals surface area (Å²) < 4.78 is 18.7. The Hall–Kier alpha value is -2.45. The number of nitrogens with zero attached hydrogens (tertiary/aromatic N) is 3. The maximum atomic E-state index is 13.2. The summed E-state index contributed by atoms with van der Waals surface area (Å²) in [5.74, 6) is 1.02. The lowest BCUT2D eigenvalue weighted by Gasteiger charge is -2.25. The summed E-state index contributed by atoms with van der Waals surface area (Å²) in [6, 6.07) is 11.2. The van der Waals surface area contributed by atoms with Crippen molar-refractivity contribution in [2.45, 2.75) is 38.2 Å². The number of hydrogen-bond donors (Lipinski definition) is 0. The van der Waals surface area contributed by atoms with E-state index in [4.69, 9.17) is 9.72 Å². The molecule has 0 aliphatic carbocycles. The van der Waals surface area contributed by atoms with Crippen molar-refractivity contribution in [2.75, 3.05) is 24.6 Å². The van der Waals surface area contributed by atoms with Gasteiger partial charge in [0.25, 0.3) is 0 Å². The monoisotopic (exact) mass is 351 g/mol. The molecule has 1 atom stereocenters. The summed E-state index contributed by atoms with van der Waals surface area (Å²) in [7, 11) is 0. The van der Waals surface area contributed by atoms with E-state index in [0.29, 0.717) is 24.7 Å². The zero-order chi connectivity index (χ0) is 17.9. The Morgan fingerprint density at radius 1 is 1.19 bits per heavy atom. The van der Waals surface area contributed by atoms with E-state index in [0.717, 1.165) is 55.8 Å². The molecule has 4 nitrogen and oxygen atoms in total. The van der Waals surface area contributed by atoms with E-state index in [1.54, 1.807) is 0 Å². The van der Waals surface area contributed by atoms with Crippen LogP contribution in [0.4, 0.5) is 10.2 Å². The Balaban J connectivity index is 1.55. The average molecular weight is 351 g/mol. The molecule has 1 aromatic heterocycles. The highest BCUT2D eigenvalue weighted by Gasteiger charge is 2.23. The number of benzene rings is 1. The van der Waals surface area contributed by atoms with E-state index in [9.17, 15) is 9.65 Å². The molecular weight excluding hydrogens is 329 g/mol. The number of fused-ring (bicyclic) bond motifs is 1. The fraction of sp³-hybridized carbons (Fsp3) is 0.429. The fourth-order valence-electron chi connectivity index (χ4n) is 3.97. The predicted molar refractivity (Wildman–Crippen MR) is 97.5 cm³/mol. The first-order valence-corrected chi connectivity index (χ1v) is 9.25. The summed E-state index contributed by atoms with van der Waals surface area (Å²) in [5.41, 5.74) is 3.95. The maximum Gasteiger partial charge on any atom is 0.146 e. The van der Waals surface area contributed by atoms with Crippen LogP contribution in [0.5, 0.6) is 0 Å². The molecule has 2 aliphatic heterocycles. The Morgan fingerprint density at radius 3 is 2.85 bits per heavy atom. The lowest BCUT2D eigenvalue weighted by Crippen LogP contribution is -2.27. The number of rotatable bonds is 2. The first kappa shape index (κ1) is 17.0. The molecule has 4 rings (SSSR count). The van der Waals surface area contributed by atoms with Crippen molar-refractivity contribution in [1.29, 1.82) is 5.26 Å². The van der Waals surface area contributed by atoms with Crippen LogP contribution in [0.2, 0.25) is 0 Å². The highest BCUT2D eigenvalue weighted by Crippen LogP contribution is 2.31. The minimum Gasteiger partial charge on any atom is -0.375 e. The Labute approximate surface area is 153 Å². The van der Waals surface area contributed by atoms with E-state index >= 15 is 0 Å². The van der Waals surface area contributed by atoms with Gasteiger partial charge in [-0.25, -0.2) is 9.37 Å². The fourth-order valence-corrected chi connectivity index (χ4v) is 3.97. The molecule has 0 saturated carbocycles. The molecule has 26 heavy (non-hydrogen) atoms. The van der Waals surface area contributed by atoms with Crippen molar-refractivity contribution in [3.05, 3.63) is 58.5 Å². The average Bonchev–Trinajstić information content (AvgIpc) is 2.93. The molecule has 5 heteroatoms. The van der Waals surface area contributed by atoms with Gasteiger partial charge in [-0.1, -0.05) is 12.1 Å². The van der Waals surface area contributed by atoms with Gasteiger partial charge in [0.1, 0.15) is 17.7 Å². The van der Waals surface area contributed by atoms with Crippen molar-refractivity contribution in [2.24, 2.45) is 0 Å². The zero-order valence-corrected chi connectivity index (χ0v) is 14.7. The summed E-state index contributed by atoms with van der Waals surface area (Å²) >= 11 is 0. The van der Waals surface area contributed by atoms with Crippen molar-refractivity contribution in [1.82, 2.24) is 4.98 Å². The number of hydrogen-bond acceptors (Lipinski definition) is 4. The van der Waals surface area contributed by atoms with Crippen LogP contribution in [-0.2, 0) is 17.8 Å². The van der Waals surface area contributed by atoms with Crippen LogP contribution in [0.15, 0.2) is 30.3 Å². The third kappa shape index (κ3) is 3.42. The number of anilines is 1. The number of halogens is 1. The maximum absolute atomic E-state index is 13.2. The zero-order valence-electron chi connectivity index (χ0n) is 14.7. The number of pyridine rings is 1. The molecule has 3 heterocycles. The molecule has 2 aliphatic rings. The van der Waals surface area contributed by atoms with Crippen molar-refractivity contribution in [3.63, 3.8) is 0 Å². The van der Waals surface area contributed by atoms with E-state index in [1.165, 1.54) is 17.7 Å². The molecule has 1 saturated heterocycles. The second-order valence-electron chi connectivity index (χ2n) is 7.05. The third-order valence-corrected chi connectivity index (χ3v) is 5.42. The van der Waals surface area contributed by atoms with E-state index in [2.05, 4.69) is 11.0 Å². The van der Waals surface area contributed by atoms with Gasteiger partial charge >= 0.3 is 0 Å². The quantitative estimate of drug-likeness (QED) is 0.822. The number of nitriles is 1. The van der Waals surface area contributed by atoms with Crippen molar-refractivity contribution in [3.8, 4) is 6.07 Å². The molecule has 2 aromatic rings. The normalized spacial score (nSPS) is 20.2. The smallest absolute Gasteiger partial charge is 0.146 e. The van der Waals surface area contributed by atoms with Gasteiger partial charge in [0, 0.05) is 13.1 Å². The van der Waals surface area contributed by atoms with Gasteiger partial charge in [0.05, 0.1) is 24.5 Å². The lowest BCUT2D eigenvalue weighted by atomic mass is 9.92. The van der Waals surface area contributed by atoms with Gasteiger partial charge in [-0.3, -0.25) is 0 Å². The Kier molecular flexibility index (Phi) is 4.85. The van der Waals surface area contributed by atoms with Gasteiger partial charge in [-0.2, -0.15) is 5.26 Å². The van der Waals surface area contributed by atoms with Gasteiger partial charge in [0.15, 0.2) is 0 Å². The molecule has 1 aromatic carbocycles.